The normalized spacial score (nSPS) is 21.4. The van der Waals surface area contributed by atoms with Gasteiger partial charge in [0.05, 0.1) is 12.1 Å². The summed E-state index contributed by atoms with van der Waals surface area (Å²) in [5.74, 6) is 2.24. The molecule has 0 saturated carbocycles. The van der Waals surface area contributed by atoms with Gasteiger partial charge in [0.25, 0.3) is 0 Å². The van der Waals surface area contributed by atoms with Gasteiger partial charge in [-0.05, 0) is 56.7 Å². The molecule has 1 aromatic rings. The largest absolute Gasteiger partial charge is 0.342 e. The first-order chi connectivity index (χ1) is 14.5. The Balaban J connectivity index is 0.00000341. The van der Waals surface area contributed by atoms with Crippen LogP contribution in [0.3, 0.4) is 0 Å². The first-order valence-electron chi connectivity index (χ1n) is 10.8. The van der Waals surface area contributed by atoms with Gasteiger partial charge in [-0.15, -0.1) is 24.8 Å². The molecule has 168 valence electrons. The second-order valence-electron chi connectivity index (χ2n) is 8.27. The molecule has 2 N–H and O–H groups in total. The van der Waals surface area contributed by atoms with Crippen LogP contribution in [0.1, 0.15) is 56.1 Å². The van der Waals surface area contributed by atoms with Crippen LogP contribution >= 0.6 is 12.4 Å². The lowest BCUT2D eigenvalue weighted by molar-refractivity contribution is -0.149. The zero-order valence-electron chi connectivity index (χ0n) is 18.2. The van der Waals surface area contributed by atoms with E-state index in [1.54, 1.807) is 18.9 Å². The molecule has 2 aliphatic rings. The van der Waals surface area contributed by atoms with Crippen molar-refractivity contribution in [3.8, 4) is 12.3 Å². The van der Waals surface area contributed by atoms with Crippen molar-refractivity contribution in [2.24, 2.45) is 0 Å². The Bertz CT molecular complexity index is 851. The van der Waals surface area contributed by atoms with Crippen LogP contribution in [0, 0.1) is 12.3 Å². The van der Waals surface area contributed by atoms with Crippen LogP contribution < -0.4 is 10.6 Å². The zero-order chi connectivity index (χ0) is 21.7. The molecule has 1 aromatic carbocycles. The quantitative estimate of drug-likeness (QED) is 0.601. The maximum absolute atomic E-state index is 13.0. The highest BCUT2D eigenvalue weighted by molar-refractivity contribution is 5.95. The number of terminal acetylenes is 1. The van der Waals surface area contributed by atoms with Gasteiger partial charge in [0.15, 0.2) is 5.78 Å². The number of aryl methyl sites for hydroxylation is 1. The molecule has 4 atom stereocenters. The molecule has 1 saturated heterocycles. The summed E-state index contributed by atoms with van der Waals surface area (Å²) in [6, 6.07) is 6.69. The number of benzene rings is 1. The molecule has 0 spiro atoms. The van der Waals surface area contributed by atoms with Crippen LogP contribution in [0.25, 0.3) is 0 Å². The molecule has 1 aliphatic heterocycles. The van der Waals surface area contributed by atoms with E-state index < -0.39 is 18.1 Å². The number of carbonyl (C=O) groups is 3. The highest BCUT2D eigenvalue weighted by atomic mass is 35.5. The molecule has 1 aliphatic carbocycles. The third kappa shape index (κ3) is 5.66. The Morgan fingerprint density at radius 1 is 1.26 bits per heavy atom. The average molecular weight is 446 g/mol. The number of likely N-dealkylation sites (N-methyl/N-ethyl adjacent to an activating group) is 1. The van der Waals surface area contributed by atoms with Gasteiger partial charge in [-0.25, -0.2) is 0 Å². The summed E-state index contributed by atoms with van der Waals surface area (Å²) < 4.78 is 0. The van der Waals surface area contributed by atoms with E-state index in [9.17, 15) is 14.4 Å². The third-order valence-corrected chi connectivity index (χ3v) is 6.38. The number of ketones is 1. The van der Waals surface area contributed by atoms with Gasteiger partial charge in [-0.2, -0.15) is 0 Å². The van der Waals surface area contributed by atoms with Crippen molar-refractivity contribution in [1.82, 2.24) is 15.5 Å². The third-order valence-electron chi connectivity index (χ3n) is 6.38. The van der Waals surface area contributed by atoms with E-state index in [-0.39, 0.29) is 42.3 Å². The van der Waals surface area contributed by atoms with Gasteiger partial charge in [0.2, 0.25) is 11.8 Å². The van der Waals surface area contributed by atoms with Gasteiger partial charge in [0, 0.05) is 19.4 Å². The molecule has 3 rings (SSSR count). The first kappa shape index (κ1) is 24.9. The molecule has 0 unspecified atom stereocenters. The minimum absolute atomic E-state index is 0. The van der Waals surface area contributed by atoms with Crippen LogP contribution in [0.5, 0.6) is 0 Å². The van der Waals surface area contributed by atoms with E-state index in [2.05, 4.69) is 28.7 Å². The SMILES string of the molecule is C#CC[C@H](NC(=O)[C@H](C)NC)C(=O)N1CC[C@H]1C(=O)C[C@@H]1CCCc2ccccc21.Cl. The maximum atomic E-state index is 13.0. The molecule has 31 heavy (non-hydrogen) atoms. The number of fused-ring (bicyclic) bond motifs is 1. The summed E-state index contributed by atoms with van der Waals surface area (Å²) in [5.41, 5.74) is 2.60. The highest BCUT2D eigenvalue weighted by Crippen LogP contribution is 2.35. The summed E-state index contributed by atoms with van der Waals surface area (Å²) in [7, 11) is 1.68. The zero-order valence-corrected chi connectivity index (χ0v) is 19.0. The Hall–Kier alpha value is -2.36. The highest BCUT2D eigenvalue weighted by Gasteiger charge is 2.41. The van der Waals surface area contributed by atoms with Crippen LogP contribution in [0.15, 0.2) is 24.3 Å². The van der Waals surface area contributed by atoms with Crippen molar-refractivity contribution in [2.45, 2.75) is 69.5 Å². The monoisotopic (exact) mass is 445 g/mol. The van der Waals surface area contributed by atoms with Crippen LogP contribution in [0.2, 0.25) is 0 Å². The number of halogens is 1. The van der Waals surface area contributed by atoms with Crippen molar-refractivity contribution in [3.63, 3.8) is 0 Å². The molecular formula is C24H32ClN3O3. The van der Waals surface area contributed by atoms with E-state index >= 15 is 0 Å². The van der Waals surface area contributed by atoms with Crippen LogP contribution in [-0.2, 0) is 20.8 Å². The standard InChI is InChI=1S/C24H31N3O3.ClH/c1-4-8-20(26-23(29)16(2)25-3)24(30)27-14-13-21(27)22(28)15-18-11-7-10-17-9-5-6-12-19(17)18;/h1,5-6,9,12,16,18,20-21,25H,7-8,10-11,13-15H2,2-3H3,(H,26,29);1H/t16-,18-,20-,21-;/m0./s1. The number of hydrogen-bond donors (Lipinski definition) is 2. The van der Waals surface area contributed by atoms with Crippen LogP contribution in [-0.4, -0.2) is 54.2 Å². The van der Waals surface area contributed by atoms with E-state index in [0.717, 1.165) is 19.3 Å². The van der Waals surface area contributed by atoms with E-state index in [0.29, 0.717) is 19.4 Å². The molecule has 0 bridgehead atoms. The lowest BCUT2D eigenvalue weighted by Crippen LogP contribution is -2.61. The fourth-order valence-corrected chi connectivity index (χ4v) is 4.38. The fourth-order valence-electron chi connectivity index (χ4n) is 4.38. The van der Waals surface area contributed by atoms with Crippen molar-refractivity contribution in [3.05, 3.63) is 35.4 Å². The molecule has 1 heterocycles. The smallest absolute Gasteiger partial charge is 0.246 e. The number of rotatable bonds is 8. The van der Waals surface area contributed by atoms with Crippen LogP contribution in [0.4, 0.5) is 0 Å². The number of amides is 2. The summed E-state index contributed by atoms with van der Waals surface area (Å²) >= 11 is 0. The van der Waals surface area contributed by atoms with Crippen molar-refractivity contribution < 1.29 is 14.4 Å². The Labute approximate surface area is 190 Å². The Morgan fingerprint density at radius 3 is 2.65 bits per heavy atom. The Kier molecular flexibility index (Phi) is 9.09. The fraction of sp³-hybridized carbons (Fsp3) is 0.542. The van der Waals surface area contributed by atoms with Crippen molar-refractivity contribution >= 4 is 30.0 Å². The van der Waals surface area contributed by atoms with Crippen molar-refractivity contribution in [2.75, 3.05) is 13.6 Å². The second kappa shape index (κ2) is 11.3. The topological polar surface area (TPSA) is 78.5 Å². The van der Waals surface area contributed by atoms with E-state index in [1.807, 2.05) is 12.1 Å². The number of likely N-dealkylation sites (tertiary alicyclic amines) is 1. The Morgan fingerprint density at radius 2 is 2.00 bits per heavy atom. The molecule has 0 aromatic heterocycles. The number of carbonyl (C=O) groups excluding carboxylic acids is 3. The van der Waals surface area contributed by atoms with E-state index in [4.69, 9.17) is 6.42 Å². The lowest BCUT2D eigenvalue weighted by atomic mass is 9.78. The summed E-state index contributed by atoms with van der Waals surface area (Å²) in [6.07, 6.45) is 9.80. The molecule has 7 heteroatoms. The lowest BCUT2D eigenvalue weighted by Gasteiger charge is -2.42. The minimum Gasteiger partial charge on any atom is -0.342 e. The van der Waals surface area contributed by atoms with Crippen molar-refractivity contribution in [1.29, 1.82) is 0 Å². The average Bonchev–Trinajstić information content (AvgIpc) is 2.72. The first-order valence-corrected chi connectivity index (χ1v) is 10.8. The summed E-state index contributed by atoms with van der Waals surface area (Å²) in [5, 5.41) is 5.57. The van der Waals surface area contributed by atoms with Gasteiger partial charge in [0.1, 0.15) is 6.04 Å². The molecule has 6 nitrogen and oxygen atoms in total. The number of hydrogen-bond acceptors (Lipinski definition) is 4. The van der Waals surface area contributed by atoms with Gasteiger partial charge in [-0.1, -0.05) is 24.3 Å². The molecule has 1 fully saturated rings. The summed E-state index contributed by atoms with van der Waals surface area (Å²) in [6.45, 7) is 2.24. The minimum atomic E-state index is -0.802. The van der Waals surface area contributed by atoms with Gasteiger partial charge in [-0.3, -0.25) is 14.4 Å². The number of nitrogens with zero attached hydrogens (tertiary/aromatic N) is 1. The number of nitrogens with one attached hydrogen (secondary N) is 2. The summed E-state index contributed by atoms with van der Waals surface area (Å²) in [4.78, 5) is 39.8. The predicted molar refractivity (Wildman–Crippen MR) is 123 cm³/mol. The second-order valence-corrected chi connectivity index (χ2v) is 8.27. The van der Waals surface area contributed by atoms with Gasteiger partial charge < -0.3 is 15.5 Å². The maximum Gasteiger partial charge on any atom is 0.246 e. The predicted octanol–water partition coefficient (Wildman–Crippen LogP) is 2.20. The molecule has 2 amide bonds. The molecule has 0 radical (unpaired) electrons. The number of Topliss-reactive ketones (excluding diaryl/α,β-unsaturated/α-hetero) is 1. The van der Waals surface area contributed by atoms with E-state index in [1.165, 1.54) is 11.1 Å². The molecular weight excluding hydrogens is 414 g/mol. The van der Waals surface area contributed by atoms with Gasteiger partial charge >= 0.3 is 0 Å².